The highest BCUT2D eigenvalue weighted by atomic mass is 16.2. The lowest BCUT2D eigenvalue weighted by atomic mass is 9.86. The van der Waals surface area contributed by atoms with Crippen molar-refractivity contribution < 1.29 is 4.79 Å². The molecule has 0 radical (unpaired) electrons. The van der Waals surface area contributed by atoms with Crippen LogP contribution >= 0.6 is 0 Å². The molecule has 0 saturated carbocycles. The smallest absolute Gasteiger partial charge is 0.337 e. The number of hydrazone groups is 1. The van der Waals surface area contributed by atoms with Crippen LogP contribution in [0.5, 0.6) is 0 Å². The van der Waals surface area contributed by atoms with Crippen molar-refractivity contribution in [3.8, 4) is 0 Å². The molecule has 118 valence electrons. The van der Waals surface area contributed by atoms with Gasteiger partial charge in [-0.25, -0.2) is 9.80 Å². The van der Waals surface area contributed by atoms with E-state index in [1.54, 1.807) is 5.01 Å². The molecule has 0 aliphatic carbocycles. The van der Waals surface area contributed by atoms with Crippen LogP contribution in [0.2, 0.25) is 0 Å². The number of rotatable bonds is 3. The Kier molecular flexibility index (Phi) is 4.15. The third-order valence-electron chi connectivity index (χ3n) is 4.22. The maximum atomic E-state index is 12.5. The minimum absolute atomic E-state index is 0.162. The maximum absolute atomic E-state index is 12.5. The Labute approximate surface area is 136 Å². The van der Waals surface area contributed by atoms with Gasteiger partial charge >= 0.3 is 6.03 Å². The summed E-state index contributed by atoms with van der Waals surface area (Å²) in [6.45, 7) is 4.56. The summed E-state index contributed by atoms with van der Waals surface area (Å²) in [5.74, 6) is 0. The van der Waals surface area contributed by atoms with E-state index in [2.05, 4.69) is 29.5 Å². The number of nitrogens with zero attached hydrogens (tertiary/aromatic N) is 2. The first kappa shape index (κ1) is 15.3. The zero-order chi connectivity index (χ0) is 16.3. The molecule has 2 aromatic rings. The van der Waals surface area contributed by atoms with Crippen molar-refractivity contribution in [3.05, 3.63) is 71.8 Å². The van der Waals surface area contributed by atoms with Crippen LogP contribution in [-0.2, 0) is 5.54 Å². The molecule has 2 amide bonds. The quantitative estimate of drug-likeness (QED) is 0.922. The fourth-order valence-electron chi connectivity index (χ4n) is 2.97. The number of hydrogen-bond acceptors (Lipinski definition) is 2. The van der Waals surface area contributed by atoms with Crippen LogP contribution < -0.4 is 5.32 Å². The summed E-state index contributed by atoms with van der Waals surface area (Å²) >= 11 is 0. The molecule has 4 heteroatoms. The van der Waals surface area contributed by atoms with Crippen molar-refractivity contribution in [1.82, 2.24) is 10.3 Å². The van der Waals surface area contributed by atoms with Crippen molar-refractivity contribution in [2.75, 3.05) is 6.54 Å². The molecule has 1 N–H and O–H groups in total. The molecule has 2 aromatic carbocycles. The summed E-state index contributed by atoms with van der Waals surface area (Å²) < 4.78 is 0. The van der Waals surface area contributed by atoms with Gasteiger partial charge < -0.3 is 5.32 Å². The van der Waals surface area contributed by atoms with E-state index in [0.717, 1.165) is 16.8 Å². The number of hydrogen-bond donors (Lipinski definition) is 1. The Morgan fingerprint density at radius 1 is 1.13 bits per heavy atom. The van der Waals surface area contributed by atoms with Gasteiger partial charge in [0.25, 0.3) is 0 Å². The lowest BCUT2D eigenvalue weighted by Crippen LogP contribution is -2.46. The van der Waals surface area contributed by atoms with Gasteiger partial charge in [-0.1, -0.05) is 60.7 Å². The minimum atomic E-state index is -0.480. The number of urea groups is 1. The second-order valence-corrected chi connectivity index (χ2v) is 5.88. The van der Waals surface area contributed by atoms with E-state index in [0.29, 0.717) is 13.0 Å². The van der Waals surface area contributed by atoms with Crippen LogP contribution in [0.1, 0.15) is 31.4 Å². The van der Waals surface area contributed by atoms with Gasteiger partial charge in [0.05, 0.1) is 11.3 Å². The molecule has 0 fully saturated rings. The molecule has 4 nitrogen and oxygen atoms in total. The molecule has 1 aliphatic rings. The Hall–Kier alpha value is -2.62. The lowest BCUT2D eigenvalue weighted by molar-refractivity contribution is 0.144. The molecule has 1 atom stereocenters. The Balaban J connectivity index is 2.01. The lowest BCUT2D eigenvalue weighted by Gasteiger charge is -2.33. The normalized spacial score (nSPS) is 20.3. The van der Waals surface area contributed by atoms with Gasteiger partial charge in [-0.3, -0.25) is 0 Å². The van der Waals surface area contributed by atoms with Crippen LogP contribution in [0, 0.1) is 0 Å². The van der Waals surface area contributed by atoms with Crippen molar-refractivity contribution in [2.45, 2.75) is 25.8 Å². The van der Waals surface area contributed by atoms with E-state index in [-0.39, 0.29) is 6.03 Å². The molecular weight excluding hydrogens is 286 g/mol. The summed E-state index contributed by atoms with van der Waals surface area (Å²) in [7, 11) is 0. The monoisotopic (exact) mass is 307 g/mol. The first-order chi connectivity index (χ1) is 11.1. The molecule has 0 spiro atoms. The zero-order valence-electron chi connectivity index (χ0n) is 13.5. The van der Waals surface area contributed by atoms with Crippen molar-refractivity contribution in [2.24, 2.45) is 5.10 Å². The first-order valence-corrected chi connectivity index (χ1v) is 7.91. The Morgan fingerprint density at radius 2 is 1.74 bits per heavy atom. The van der Waals surface area contributed by atoms with Crippen LogP contribution in [-0.4, -0.2) is 23.3 Å². The van der Waals surface area contributed by atoms with Gasteiger partial charge in [0.15, 0.2) is 0 Å². The standard InChI is InChI=1S/C19H21N3O/c1-3-20-18(23)22-19(2,16-12-8-5-9-13-16)14-17(21-22)15-10-6-4-7-11-15/h4-13H,3,14H2,1-2H3,(H,20,23). The van der Waals surface area contributed by atoms with Crippen LogP contribution in [0.15, 0.2) is 65.8 Å². The average molecular weight is 307 g/mol. The zero-order valence-corrected chi connectivity index (χ0v) is 13.5. The van der Waals surface area contributed by atoms with Gasteiger partial charge in [0.2, 0.25) is 0 Å². The van der Waals surface area contributed by atoms with Crippen molar-refractivity contribution >= 4 is 11.7 Å². The van der Waals surface area contributed by atoms with Crippen LogP contribution in [0.4, 0.5) is 4.79 Å². The van der Waals surface area contributed by atoms with Gasteiger partial charge in [-0.05, 0) is 25.0 Å². The number of amides is 2. The van der Waals surface area contributed by atoms with Crippen molar-refractivity contribution in [3.63, 3.8) is 0 Å². The topological polar surface area (TPSA) is 44.7 Å². The number of carbonyl (C=O) groups is 1. The summed E-state index contributed by atoms with van der Waals surface area (Å²) in [5, 5.41) is 9.10. The molecule has 0 aromatic heterocycles. The summed E-state index contributed by atoms with van der Waals surface area (Å²) in [6.07, 6.45) is 0.693. The SMILES string of the molecule is CCNC(=O)N1N=C(c2ccccc2)CC1(C)c1ccccc1. The third-order valence-corrected chi connectivity index (χ3v) is 4.22. The van der Waals surface area contributed by atoms with E-state index in [1.165, 1.54) is 0 Å². The predicted molar refractivity (Wildman–Crippen MR) is 92.3 cm³/mol. The van der Waals surface area contributed by atoms with Crippen molar-refractivity contribution in [1.29, 1.82) is 0 Å². The molecule has 23 heavy (non-hydrogen) atoms. The highest BCUT2D eigenvalue weighted by Crippen LogP contribution is 2.38. The number of nitrogens with one attached hydrogen (secondary N) is 1. The second kappa shape index (κ2) is 6.24. The summed E-state index contributed by atoms with van der Waals surface area (Å²) in [6, 6.07) is 20.0. The maximum Gasteiger partial charge on any atom is 0.338 e. The van der Waals surface area contributed by atoms with Crippen LogP contribution in [0.3, 0.4) is 0 Å². The molecule has 0 bridgehead atoms. The molecule has 1 heterocycles. The van der Waals surface area contributed by atoms with Gasteiger partial charge in [-0.15, -0.1) is 0 Å². The Morgan fingerprint density at radius 3 is 2.35 bits per heavy atom. The third kappa shape index (κ3) is 2.84. The van der Waals surface area contributed by atoms with E-state index in [4.69, 9.17) is 0 Å². The number of benzene rings is 2. The van der Waals surface area contributed by atoms with Crippen LogP contribution in [0.25, 0.3) is 0 Å². The van der Waals surface area contributed by atoms with Gasteiger partial charge in [0.1, 0.15) is 0 Å². The van der Waals surface area contributed by atoms with E-state index in [1.807, 2.05) is 55.5 Å². The second-order valence-electron chi connectivity index (χ2n) is 5.88. The predicted octanol–water partition coefficient (Wildman–Crippen LogP) is 3.74. The molecule has 3 rings (SSSR count). The molecule has 1 unspecified atom stereocenters. The molecule has 1 aliphatic heterocycles. The molecule has 0 saturated heterocycles. The highest BCUT2D eigenvalue weighted by Gasteiger charge is 2.43. The fraction of sp³-hybridized carbons (Fsp3) is 0.263. The van der Waals surface area contributed by atoms with Gasteiger partial charge in [0, 0.05) is 13.0 Å². The summed E-state index contributed by atoms with van der Waals surface area (Å²) in [5.41, 5.74) is 2.59. The number of carbonyl (C=O) groups excluding carboxylic acids is 1. The van der Waals surface area contributed by atoms with E-state index < -0.39 is 5.54 Å². The largest absolute Gasteiger partial charge is 0.338 e. The molecular formula is C19H21N3O. The summed E-state index contributed by atoms with van der Waals surface area (Å²) in [4.78, 5) is 12.5. The van der Waals surface area contributed by atoms with E-state index >= 15 is 0 Å². The van der Waals surface area contributed by atoms with E-state index in [9.17, 15) is 4.79 Å². The Bertz CT molecular complexity index is 712. The first-order valence-electron chi connectivity index (χ1n) is 7.91. The average Bonchev–Trinajstić information content (AvgIpc) is 2.96. The fourth-order valence-corrected chi connectivity index (χ4v) is 2.97. The minimum Gasteiger partial charge on any atom is -0.337 e. The highest BCUT2D eigenvalue weighted by molar-refractivity contribution is 6.03. The van der Waals surface area contributed by atoms with Gasteiger partial charge in [-0.2, -0.15) is 5.10 Å².